The third-order valence-electron chi connectivity index (χ3n) is 4.54. The summed E-state index contributed by atoms with van der Waals surface area (Å²) in [6, 6.07) is 16.6. The monoisotopic (exact) mass is 390 g/mol. The first-order chi connectivity index (χ1) is 13.9. The zero-order chi connectivity index (χ0) is 20.4. The highest BCUT2D eigenvalue weighted by atomic mass is 16.7. The molecule has 29 heavy (non-hydrogen) atoms. The average Bonchev–Trinajstić information content (AvgIpc) is 3.17. The number of ether oxygens (including phenoxy) is 2. The fourth-order valence-electron chi connectivity index (χ4n) is 3.08. The highest BCUT2D eigenvalue weighted by Gasteiger charge is 2.18. The summed E-state index contributed by atoms with van der Waals surface area (Å²) in [6.07, 6.45) is 0. The highest BCUT2D eigenvalue weighted by molar-refractivity contribution is 6.04. The van der Waals surface area contributed by atoms with Crippen molar-refractivity contribution in [2.45, 2.75) is 26.2 Å². The van der Waals surface area contributed by atoms with Gasteiger partial charge in [-0.1, -0.05) is 39.0 Å². The molecule has 0 radical (unpaired) electrons. The minimum Gasteiger partial charge on any atom is -0.454 e. The second-order valence-electron chi connectivity index (χ2n) is 7.75. The minimum atomic E-state index is -0.295. The summed E-state index contributed by atoms with van der Waals surface area (Å²) in [5, 5.41) is 14.3. The average molecular weight is 390 g/mol. The summed E-state index contributed by atoms with van der Waals surface area (Å²) >= 11 is 0. The van der Waals surface area contributed by atoms with Crippen LogP contribution in [0.1, 0.15) is 36.7 Å². The molecule has 1 aliphatic rings. The van der Waals surface area contributed by atoms with Crippen LogP contribution in [0.3, 0.4) is 0 Å². The van der Waals surface area contributed by atoms with Crippen molar-refractivity contribution < 1.29 is 14.3 Å². The van der Waals surface area contributed by atoms with Gasteiger partial charge in [0, 0.05) is 11.3 Å². The van der Waals surface area contributed by atoms with Gasteiger partial charge in [-0.2, -0.15) is 0 Å². The maximum Gasteiger partial charge on any atom is 0.257 e. The maximum atomic E-state index is 12.5. The number of carbonyl (C=O) groups excluding carboxylic acids is 1. The number of benzene rings is 2. The quantitative estimate of drug-likeness (QED) is 0.682. The predicted molar refractivity (Wildman–Crippen MR) is 111 cm³/mol. The lowest BCUT2D eigenvalue weighted by Gasteiger charge is -2.23. The molecule has 2 heterocycles. The third-order valence-corrected chi connectivity index (χ3v) is 4.54. The van der Waals surface area contributed by atoms with Crippen molar-refractivity contribution in [3.05, 3.63) is 65.7 Å². The number of amides is 1. The number of rotatable bonds is 4. The van der Waals surface area contributed by atoms with Crippen molar-refractivity contribution >= 4 is 23.2 Å². The van der Waals surface area contributed by atoms with E-state index in [1.54, 1.807) is 30.3 Å². The third kappa shape index (κ3) is 4.13. The van der Waals surface area contributed by atoms with E-state index in [-0.39, 0.29) is 18.1 Å². The summed E-state index contributed by atoms with van der Waals surface area (Å²) in [4.78, 5) is 12.5. The van der Waals surface area contributed by atoms with Gasteiger partial charge in [-0.3, -0.25) is 4.79 Å². The van der Waals surface area contributed by atoms with E-state index in [0.717, 1.165) is 5.69 Å². The Bertz CT molecular complexity index is 1040. The molecule has 0 aliphatic carbocycles. The van der Waals surface area contributed by atoms with E-state index in [4.69, 9.17) is 9.47 Å². The molecule has 7 heteroatoms. The van der Waals surface area contributed by atoms with E-state index in [1.807, 2.05) is 18.2 Å². The molecule has 148 valence electrons. The lowest BCUT2D eigenvalue weighted by Crippen LogP contribution is -2.15. The van der Waals surface area contributed by atoms with Gasteiger partial charge < -0.3 is 20.1 Å². The Balaban J connectivity index is 1.45. The summed E-state index contributed by atoms with van der Waals surface area (Å²) < 4.78 is 10.6. The van der Waals surface area contributed by atoms with Gasteiger partial charge in [0.2, 0.25) is 6.79 Å². The van der Waals surface area contributed by atoms with Gasteiger partial charge in [-0.15, -0.1) is 10.2 Å². The molecule has 0 bridgehead atoms. The SMILES string of the molecule is CC(C)(C)c1ccccc1Nc1ccc(NC(=O)c2ccc3c(c2)OCO3)nn1. The minimum absolute atomic E-state index is 0.00441. The fraction of sp³-hybridized carbons (Fsp3) is 0.227. The van der Waals surface area contributed by atoms with Crippen LogP contribution in [0, 0.1) is 0 Å². The van der Waals surface area contributed by atoms with Gasteiger partial charge in [0.1, 0.15) is 0 Å². The topological polar surface area (TPSA) is 85.4 Å². The van der Waals surface area contributed by atoms with Crippen molar-refractivity contribution in [3.63, 3.8) is 0 Å². The van der Waals surface area contributed by atoms with Crippen LogP contribution in [0.15, 0.2) is 54.6 Å². The normalized spacial score (nSPS) is 12.5. The van der Waals surface area contributed by atoms with Crippen molar-refractivity contribution in [1.29, 1.82) is 0 Å². The first kappa shape index (κ1) is 18.7. The largest absolute Gasteiger partial charge is 0.454 e. The molecule has 1 aromatic heterocycles. The van der Waals surface area contributed by atoms with Crippen LogP contribution in [0.2, 0.25) is 0 Å². The van der Waals surface area contributed by atoms with Crippen LogP contribution in [0.25, 0.3) is 0 Å². The Morgan fingerprint density at radius 1 is 0.931 bits per heavy atom. The summed E-state index contributed by atoms with van der Waals surface area (Å²) in [5.41, 5.74) is 2.61. The van der Waals surface area contributed by atoms with E-state index < -0.39 is 0 Å². The molecular weight excluding hydrogens is 368 g/mol. The molecule has 3 aromatic rings. The van der Waals surface area contributed by atoms with Crippen LogP contribution >= 0.6 is 0 Å². The van der Waals surface area contributed by atoms with Gasteiger partial charge in [-0.25, -0.2) is 0 Å². The highest BCUT2D eigenvalue weighted by Crippen LogP contribution is 2.33. The summed E-state index contributed by atoms with van der Waals surface area (Å²) in [5.74, 6) is 1.86. The van der Waals surface area contributed by atoms with Gasteiger partial charge in [0.25, 0.3) is 5.91 Å². The maximum absolute atomic E-state index is 12.5. The van der Waals surface area contributed by atoms with Gasteiger partial charge in [-0.05, 0) is 47.4 Å². The molecule has 0 unspecified atom stereocenters. The molecule has 7 nitrogen and oxygen atoms in total. The predicted octanol–water partition coefficient (Wildman–Crippen LogP) is 4.50. The lowest BCUT2D eigenvalue weighted by atomic mass is 9.86. The molecule has 0 fully saturated rings. The summed E-state index contributed by atoms with van der Waals surface area (Å²) in [6.45, 7) is 6.65. The molecule has 2 N–H and O–H groups in total. The Morgan fingerprint density at radius 3 is 2.41 bits per heavy atom. The van der Waals surface area contributed by atoms with E-state index in [2.05, 4.69) is 47.7 Å². The number of fused-ring (bicyclic) bond motifs is 1. The molecule has 0 atom stereocenters. The van der Waals surface area contributed by atoms with Crippen molar-refractivity contribution in [3.8, 4) is 11.5 Å². The van der Waals surface area contributed by atoms with Crippen LogP contribution in [0.5, 0.6) is 11.5 Å². The van der Waals surface area contributed by atoms with Crippen LogP contribution in [0.4, 0.5) is 17.3 Å². The Labute approximate surface area is 169 Å². The molecular formula is C22H22N4O3. The number of nitrogens with one attached hydrogen (secondary N) is 2. The molecule has 2 aromatic carbocycles. The second kappa shape index (κ2) is 7.43. The Kier molecular flexibility index (Phi) is 4.80. The number of para-hydroxylation sites is 1. The van der Waals surface area contributed by atoms with Crippen LogP contribution in [-0.4, -0.2) is 22.9 Å². The fourth-order valence-corrected chi connectivity index (χ4v) is 3.08. The van der Waals surface area contributed by atoms with E-state index in [0.29, 0.717) is 28.7 Å². The lowest BCUT2D eigenvalue weighted by molar-refractivity contribution is 0.102. The zero-order valence-corrected chi connectivity index (χ0v) is 16.5. The molecule has 1 amide bonds. The molecule has 0 spiro atoms. The zero-order valence-electron chi connectivity index (χ0n) is 16.5. The standard InChI is InChI=1S/C22H22N4O3/c1-22(2,3)15-6-4-5-7-16(15)23-19-10-11-20(26-25-19)24-21(27)14-8-9-17-18(12-14)29-13-28-17/h4-12H,13H2,1-3H3,(H,23,25)(H,24,26,27). The second-order valence-corrected chi connectivity index (χ2v) is 7.75. The smallest absolute Gasteiger partial charge is 0.257 e. The van der Waals surface area contributed by atoms with E-state index in [9.17, 15) is 4.79 Å². The van der Waals surface area contributed by atoms with Crippen molar-refractivity contribution in [2.75, 3.05) is 17.4 Å². The van der Waals surface area contributed by atoms with Crippen LogP contribution in [-0.2, 0) is 5.41 Å². The molecule has 4 rings (SSSR count). The molecule has 1 aliphatic heterocycles. The number of aromatic nitrogens is 2. The Hall–Kier alpha value is -3.61. The van der Waals surface area contributed by atoms with E-state index >= 15 is 0 Å². The van der Waals surface area contributed by atoms with Crippen molar-refractivity contribution in [2.24, 2.45) is 0 Å². The molecule has 0 saturated heterocycles. The summed E-state index contributed by atoms with van der Waals surface area (Å²) in [7, 11) is 0. The van der Waals surface area contributed by atoms with Crippen molar-refractivity contribution in [1.82, 2.24) is 10.2 Å². The number of hydrogen-bond acceptors (Lipinski definition) is 6. The van der Waals surface area contributed by atoms with Gasteiger partial charge in [0.05, 0.1) is 0 Å². The number of anilines is 3. The number of hydrogen-bond donors (Lipinski definition) is 2. The van der Waals surface area contributed by atoms with Gasteiger partial charge >= 0.3 is 0 Å². The first-order valence-electron chi connectivity index (χ1n) is 9.31. The van der Waals surface area contributed by atoms with Crippen LogP contribution < -0.4 is 20.1 Å². The number of nitrogens with zero attached hydrogens (tertiary/aromatic N) is 2. The number of carbonyl (C=O) groups is 1. The van der Waals surface area contributed by atoms with E-state index in [1.165, 1.54) is 5.56 Å². The first-order valence-corrected chi connectivity index (χ1v) is 9.31. The van der Waals surface area contributed by atoms with Gasteiger partial charge in [0.15, 0.2) is 23.1 Å². The molecule has 0 saturated carbocycles. The Morgan fingerprint density at radius 2 is 1.66 bits per heavy atom.